The number of likely N-dealkylation sites (tertiary alicyclic amines) is 3. The second-order valence-corrected chi connectivity index (χ2v) is 13.8. The number of aromatic nitrogens is 3. The van der Waals surface area contributed by atoms with Crippen molar-refractivity contribution in [3.8, 4) is 0 Å². The number of nitrogens with one attached hydrogen (secondary N) is 2. The number of urea groups is 1. The maximum Gasteiger partial charge on any atom is 0.326 e. The highest BCUT2D eigenvalue weighted by Crippen LogP contribution is 2.29. The average molecular weight is 659 g/mol. The lowest BCUT2D eigenvalue weighted by atomic mass is 9.99. The van der Waals surface area contributed by atoms with Crippen molar-refractivity contribution in [3.63, 3.8) is 0 Å². The van der Waals surface area contributed by atoms with E-state index in [2.05, 4.69) is 20.2 Å². The second-order valence-electron chi connectivity index (χ2n) is 13.4. The van der Waals surface area contributed by atoms with Gasteiger partial charge in [0.15, 0.2) is 0 Å². The maximum absolute atomic E-state index is 14.0. The normalized spacial score (nSPS) is 19.1. The van der Waals surface area contributed by atoms with Crippen molar-refractivity contribution in [2.24, 2.45) is 0 Å². The number of fused-ring (bicyclic) bond motifs is 3. The van der Waals surface area contributed by atoms with Crippen molar-refractivity contribution < 1.29 is 9.59 Å². The van der Waals surface area contributed by atoms with Gasteiger partial charge in [-0.3, -0.25) is 14.3 Å². The fourth-order valence-corrected chi connectivity index (χ4v) is 8.10. The Morgan fingerprint density at radius 1 is 1.00 bits per heavy atom. The van der Waals surface area contributed by atoms with Gasteiger partial charge < -0.3 is 30.7 Å². The standard InChI is InChI=1S/C35H43ClN8O3/c1-22-18-23(19-27(36)31(22)37)20-29(33(45)42-14-8-24(9-15-42)41-12-4-5-13-41)39-34(46)43-16-10-25(11-17-43)44-30-21-38-28-7-3-2-6-26(28)32(30)40-35(44)47/h2-3,6-7,18-19,21,24-25,29H,4-5,8-17,20,37H2,1H3,(H,39,46)(H,40,47)/t29-/m1/s1. The number of nitrogen functional groups attached to an aromatic ring is 1. The highest BCUT2D eigenvalue weighted by atomic mass is 35.5. The molecule has 7 rings (SSSR count). The number of aryl methyl sites for hydroxylation is 1. The molecule has 3 fully saturated rings. The van der Waals surface area contributed by atoms with E-state index < -0.39 is 6.04 Å². The number of nitrogens with two attached hydrogens (primary N) is 1. The summed E-state index contributed by atoms with van der Waals surface area (Å²) in [6.07, 6.45) is 7.70. The summed E-state index contributed by atoms with van der Waals surface area (Å²) in [4.78, 5) is 54.7. The number of anilines is 1. The molecule has 4 N–H and O–H groups in total. The van der Waals surface area contributed by atoms with E-state index in [-0.39, 0.29) is 23.7 Å². The van der Waals surface area contributed by atoms with Gasteiger partial charge in [0.1, 0.15) is 6.04 Å². The van der Waals surface area contributed by atoms with Crippen LogP contribution < -0.4 is 16.7 Å². The summed E-state index contributed by atoms with van der Waals surface area (Å²) in [7, 11) is 0. The lowest BCUT2D eigenvalue weighted by molar-refractivity contribution is -0.134. The monoisotopic (exact) mass is 658 g/mol. The van der Waals surface area contributed by atoms with Gasteiger partial charge in [0, 0.05) is 50.1 Å². The van der Waals surface area contributed by atoms with Crippen molar-refractivity contribution in [2.45, 2.75) is 70.0 Å². The Labute approximate surface area is 279 Å². The third kappa shape index (κ3) is 6.30. The lowest BCUT2D eigenvalue weighted by Gasteiger charge is -2.38. The maximum atomic E-state index is 14.0. The molecule has 0 bridgehead atoms. The number of pyridine rings is 1. The zero-order valence-corrected chi connectivity index (χ0v) is 27.6. The molecule has 3 amide bonds. The van der Waals surface area contributed by atoms with Gasteiger partial charge in [-0.15, -0.1) is 0 Å². The summed E-state index contributed by atoms with van der Waals surface area (Å²) in [6.45, 7) is 6.48. The molecular weight excluding hydrogens is 616 g/mol. The number of H-pyrrole nitrogens is 1. The van der Waals surface area contributed by atoms with Gasteiger partial charge in [0.05, 0.1) is 33.5 Å². The SMILES string of the molecule is Cc1cc(C[C@@H](NC(=O)N2CCC(n3c(=O)[nH]c4c5ccccc5ncc43)CC2)C(=O)N2CCC(N3CCCC3)CC2)cc(Cl)c1N. The van der Waals surface area contributed by atoms with Crippen molar-refractivity contribution in [1.29, 1.82) is 0 Å². The van der Waals surface area contributed by atoms with Crippen LogP contribution in [0.1, 0.15) is 55.7 Å². The van der Waals surface area contributed by atoms with Crippen molar-refractivity contribution >= 4 is 51.2 Å². The predicted octanol–water partition coefficient (Wildman–Crippen LogP) is 4.47. The number of piperidine rings is 2. The molecular formula is C35H43ClN8O3. The zero-order valence-electron chi connectivity index (χ0n) is 26.9. The third-order valence-electron chi connectivity index (χ3n) is 10.4. The van der Waals surface area contributed by atoms with Crippen LogP contribution in [0.25, 0.3) is 21.9 Å². The fraction of sp³-hybridized carbons (Fsp3) is 0.486. The molecule has 47 heavy (non-hydrogen) atoms. The van der Waals surface area contributed by atoms with Crippen LogP contribution in [-0.2, 0) is 11.2 Å². The summed E-state index contributed by atoms with van der Waals surface area (Å²) in [5, 5.41) is 4.44. The second kappa shape index (κ2) is 13.2. The molecule has 248 valence electrons. The molecule has 1 atom stereocenters. The molecule has 0 spiro atoms. The van der Waals surface area contributed by atoms with Gasteiger partial charge in [-0.25, -0.2) is 9.59 Å². The summed E-state index contributed by atoms with van der Waals surface area (Å²) in [5.74, 6) is -0.0659. The highest BCUT2D eigenvalue weighted by Gasteiger charge is 2.34. The molecule has 0 radical (unpaired) electrons. The van der Waals surface area contributed by atoms with Gasteiger partial charge in [0.25, 0.3) is 0 Å². The predicted molar refractivity (Wildman–Crippen MR) is 185 cm³/mol. The van der Waals surface area contributed by atoms with Crippen molar-refractivity contribution in [3.05, 3.63) is 69.2 Å². The Bertz CT molecular complexity index is 1830. The fourth-order valence-electron chi connectivity index (χ4n) is 7.81. The number of carbonyl (C=O) groups excluding carboxylic acids is 2. The zero-order chi connectivity index (χ0) is 32.7. The molecule has 3 saturated heterocycles. The molecule has 5 heterocycles. The highest BCUT2D eigenvalue weighted by molar-refractivity contribution is 6.33. The first kappa shape index (κ1) is 31.5. The van der Waals surface area contributed by atoms with Gasteiger partial charge in [-0.2, -0.15) is 0 Å². The van der Waals surface area contributed by atoms with Crippen LogP contribution in [0.4, 0.5) is 10.5 Å². The number of nitrogens with zero attached hydrogens (tertiary/aromatic N) is 5. The first-order valence-electron chi connectivity index (χ1n) is 16.9. The van der Waals surface area contributed by atoms with Crippen LogP contribution in [0.5, 0.6) is 0 Å². The average Bonchev–Trinajstić information content (AvgIpc) is 3.75. The number of imidazole rings is 1. The van der Waals surface area contributed by atoms with E-state index in [9.17, 15) is 14.4 Å². The van der Waals surface area contributed by atoms with E-state index in [4.69, 9.17) is 17.3 Å². The lowest BCUT2D eigenvalue weighted by Crippen LogP contribution is -2.56. The van der Waals surface area contributed by atoms with Crippen molar-refractivity contribution in [2.75, 3.05) is 45.0 Å². The van der Waals surface area contributed by atoms with E-state index in [0.29, 0.717) is 62.2 Å². The van der Waals surface area contributed by atoms with Gasteiger partial charge in [-0.05, 0) is 81.8 Å². The Kier molecular flexibility index (Phi) is 8.85. The number of amides is 3. The molecule has 11 nitrogen and oxygen atoms in total. The number of para-hydroxylation sites is 1. The minimum atomic E-state index is -0.738. The van der Waals surface area contributed by atoms with E-state index in [1.807, 2.05) is 42.2 Å². The Balaban J connectivity index is 1.04. The van der Waals surface area contributed by atoms with Crippen LogP contribution >= 0.6 is 11.6 Å². The van der Waals surface area contributed by atoms with Crippen LogP contribution in [-0.4, -0.2) is 92.5 Å². The smallest absolute Gasteiger partial charge is 0.326 e. The molecule has 0 saturated carbocycles. The minimum absolute atomic E-state index is 0.0659. The van der Waals surface area contributed by atoms with E-state index in [1.54, 1.807) is 21.7 Å². The molecule has 0 unspecified atom stereocenters. The number of rotatable bonds is 6. The molecule has 3 aliphatic heterocycles. The molecule has 2 aromatic heterocycles. The third-order valence-corrected chi connectivity index (χ3v) is 10.8. The van der Waals surface area contributed by atoms with Gasteiger partial charge in [-0.1, -0.05) is 35.9 Å². The first-order valence-corrected chi connectivity index (χ1v) is 17.3. The van der Waals surface area contributed by atoms with E-state index >= 15 is 0 Å². The molecule has 4 aromatic rings. The molecule has 0 aliphatic carbocycles. The number of hydrogen-bond donors (Lipinski definition) is 3. The largest absolute Gasteiger partial charge is 0.397 e. The molecule has 2 aromatic carbocycles. The summed E-state index contributed by atoms with van der Waals surface area (Å²) in [6, 6.07) is 10.9. The summed E-state index contributed by atoms with van der Waals surface area (Å²) < 4.78 is 1.79. The van der Waals surface area contributed by atoms with Gasteiger partial charge in [0.2, 0.25) is 5.91 Å². The number of benzene rings is 2. The Morgan fingerprint density at radius 2 is 1.68 bits per heavy atom. The summed E-state index contributed by atoms with van der Waals surface area (Å²) >= 11 is 6.42. The summed E-state index contributed by atoms with van der Waals surface area (Å²) in [5.41, 5.74) is 10.5. The number of hydrogen-bond acceptors (Lipinski definition) is 6. The van der Waals surface area contributed by atoms with Crippen LogP contribution in [0.3, 0.4) is 0 Å². The number of aromatic amines is 1. The minimum Gasteiger partial charge on any atom is -0.397 e. The van der Waals surface area contributed by atoms with E-state index in [0.717, 1.165) is 59.0 Å². The van der Waals surface area contributed by atoms with Gasteiger partial charge >= 0.3 is 11.7 Å². The van der Waals surface area contributed by atoms with E-state index in [1.165, 1.54) is 12.8 Å². The van der Waals surface area contributed by atoms with Crippen molar-refractivity contribution in [1.82, 2.24) is 34.6 Å². The Hall–Kier alpha value is -4.09. The van der Waals surface area contributed by atoms with Crippen LogP contribution in [0.15, 0.2) is 47.4 Å². The number of carbonyl (C=O) groups is 2. The van der Waals surface area contributed by atoms with Crippen LogP contribution in [0, 0.1) is 6.92 Å². The molecule has 12 heteroatoms. The molecule has 3 aliphatic rings. The first-order chi connectivity index (χ1) is 22.8. The Morgan fingerprint density at radius 3 is 2.40 bits per heavy atom. The van der Waals surface area contributed by atoms with Crippen LogP contribution in [0.2, 0.25) is 5.02 Å². The quantitative estimate of drug-likeness (QED) is 0.262. The number of halogens is 1. The topological polar surface area (TPSA) is 133 Å².